The van der Waals surface area contributed by atoms with Crippen molar-refractivity contribution >= 4 is 17.5 Å². The lowest BCUT2D eigenvalue weighted by Gasteiger charge is -2.10. The number of hydrogen-bond acceptors (Lipinski definition) is 5. The van der Waals surface area contributed by atoms with Crippen LogP contribution < -0.4 is 14.8 Å². The van der Waals surface area contributed by atoms with Gasteiger partial charge < -0.3 is 19.2 Å². The zero-order valence-corrected chi connectivity index (χ0v) is 15.1. The smallest absolute Gasteiger partial charge is 0.287 e. The molecule has 0 saturated carbocycles. The summed E-state index contributed by atoms with van der Waals surface area (Å²) in [6, 6.07) is 8.83. The number of ether oxygens (including phenoxy) is 2. The van der Waals surface area contributed by atoms with Crippen LogP contribution in [-0.2, 0) is 13.1 Å². The van der Waals surface area contributed by atoms with Gasteiger partial charge in [0.1, 0.15) is 5.76 Å². The van der Waals surface area contributed by atoms with Gasteiger partial charge in [-0.3, -0.25) is 9.48 Å². The van der Waals surface area contributed by atoms with Crippen molar-refractivity contribution in [2.45, 2.75) is 13.1 Å². The lowest BCUT2D eigenvalue weighted by atomic mass is 10.2. The number of aromatic nitrogens is 2. The SMILES string of the molecule is COc1ccc(CNC(=O)c2ccc(Cn3cc(Cl)cn3)o2)cc1OC. The highest BCUT2D eigenvalue weighted by atomic mass is 35.5. The van der Waals surface area contributed by atoms with Gasteiger partial charge in [-0.25, -0.2) is 0 Å². The number of methoxy groups -OCH3 is 2. The van der Waals surface area contributed by atoms with E-state index >= 15 is 0 Å². The summed E-state index contributed by atoms with van der Waals surface area (Å²) in [5, 5.41) is 7.43. The van der Waals surface area contributed by atoms with E-state index in [2.05, 4.69) is 10.4 Å². The number of rotatable bonds is 7. The first-order valence-corrected chi connectivity index (χ1v) is 8.22. The van der Waals surface area contributed by atoms with Gasteiger partial charge in [0.05, 0.1) is 32.0 Å². The minimum Gasteiger partial charge on any atom is -0.493 e. The van der Waals surface area contributed by atoms with Crippen molar-refractivity contribution < 1.29 is 18.7 Å². The summed E-state index contributed by atoms with van der Waals surface area (Å²) < 4.78 is 17.7. The molecule has 136 valence electrons. The molecule has 0 atom stereocenters. The molecule has 0 unspecified atom stereocenters. The van der Waals surface area contributed by atoms with E-state index in [1.54, 1.807) is 49.5 Å². The van der Waals surface area contributed by atoms with Crippen molar-refractivity contribution in [3.63, 3.8) is 0 Å². The van der Waals surface area contributed by atoms with Gasteiger partial charge in [0.25, 0.3) is 5.91 Å². The normalized spacial score (nSPS) is 10.6. The Balaban J connectivity index is 1.60. The molecule has 0 aliphatic rings. The molecule has 2 heterocycles. The predicted octanol–water partition coefficient (Wildman–Crippen LogP) is 3.13. The van der Waals surface area contributed by atoms with Crippen molar-refractivity contribution in [3.05, 3.63) is 64.8 Å². The van der Waals surface area contributed by atoms with Crippen molar-refractivity contribution in [1.82, 2.24) is 15.1 Å². The molecule has 26 heavy (non-hydrogen) atoms. The number of hydrogen-bond donors (Lipinski definition) is 1. The first kappa shape index (κ1) is 17.9. The number of furan rings is 1. The Morgan fingerprint density at radius 1 is 1.23 bits per heavy atom. The summed E-state index contributed by atoms with van der Waals surface area (Å²) in [6.45, 7) is 0.736. The number of carbonyl (C=O) groups is 1. The van der Waals surface area contributed by atoms with E-state index in [0.717, 1.165) is 5.56 Å². The Morgan fingerprint density at radius 2 is 2.04 bits per heavy atom. The molecule has 0 aliphatic heterocycles. The monoisotopic (exact) mass is 375 g/mol. The predicted molar refractivity (Wildman–Crippen MR) is 95.8 cm³/mol. The van der Waals surface area contributed by atoms with Gasteiger partial charge in [-0.15, -0.1) is 0 Å². The minimum atomic E-state index is -0.301. The highest BCUT2D eigenvalue weighted by Crippen LogP contribution is 2.27. The molecule has 1 aromatic carbocycles. The molecule has 0 fully saturated rings. The van der Waals surface area contributed by atoms with Crippen molar-refractivity contribution in [2.24, 2.45) is 0 Å². The third-order valence-corrected chi connectivity index (χ3v) is 3.90. The van der Waals surface area contributed by atoms with Crippen molar-refractivity contribution in [1.29, 1.82) is 0 Å². The van der Waals surface area contributed by atoms with Crippen LogP contribution in [-0.4, -0.2) is 29.9 Å². The Hall–Kier alpha value is -2.93. The second-order valence-corrected chi connectivity index (χ2v) is 5.93. The van der Waals surface area contributed by atoms with Crippen molar-refractivity contribution in [2.75, 3.05) is 14.2 Å². The van der Waals surface area contributed by atoms with Crippen LogP contribution in [0.25, 0.3) is 0 Å². The summed E-state index contributed by atoms with van der Waals surface area (Å²) in [5.74, 6) is 1.79. The number of halogens is 1. The molecular weight excluding hydrogens is 358 g/mol. The largest absolute Gasteiger partial charge is 0.493 e. The molecule has 7 nitrogen and oxygen atoms in total. The number of benzene rings is 1. The summed E-state index contributed by atoms with van der Waals surface area (Å²) in [7, 11) is 3.14. The molecule has 0 bridgehead atoms. The highest BCUT2D eigenvalue weighted by molar-refractivity contribution is 6.30. The van der Waals surface area contributed by atoms with Crippen LogP contribution in [0.1, 0.15) is 21.9 Å². The summed E-state index contributed by atoms with van der Waals surface area (Å²) in [6.07, 6.45) is 3.22. The second-order valence-electron chi connectivity index (χ2n) is 5.49. The first-order valence-electron chi connectivity index (χ1n) is 7.85. The fraction of sp³-hybridized carbons (Fsp3) is 0.222. The van der Waals surface area contributed by atoms with Crippen molar-refractivity contribution in [3.8, 4) is 11.5 Å². The van der Waals surface area contributed by atoms with E-state index in [1.165, 1.54) is 0 Å². The average molecular weight is 376 g/mol. The van der Waals surface area contributed by atoms with Crippen LogP contribution in [0.15, 0.2) is 47.1 Å². The lowest BCUT2D eigenvalue weighted by molar-refractivity contribution is 0.0921. The van der Waals surface area contributed by atoms with Gasteiger partial charge in [0.2, 0.25) is 0 Å². The summed E-state index contributed by atoms with van der Waals surface area (Å²) in [5.41, 5.74) is 0.883. The maximum absolute atomic E-state index is 12.3. The van der Waals surface area contributed by atoms with Gasteiger partial charge in [0, 0.05) is 12.7 Å². The van der Waals surface area contributed by atoms with Crippen LogP contribution in [0.5, 0.6) is 11.5 Å². The molecule has 3 aromatic rings. The van der Waals surface area contributed by atoms with E-state index in [0.29, 0.717) is 35.4 Å². The Labute approximate surface area is 155 Å². The molecular formula is C18H18ClN3O4. The molecule has 1 N–H and O–H groups in total. The number of nitrogens with one attached hydrogen (secondary N) is 1. The molecule has 0 saturated heterocycles. The molecule has 0 radical (unpaired) electrons. The molecule has 0 aliphatic carbocycles. The van der Waals surface area contributed by atoms with Gasteiger partial charge in [-0.2, -0.15) is 5.10 Å². The third kappa shape index (κ3) is 4.18. The van der Waals surface area contributed by atoms with Crippen LogP contribution >= 0.6 is 11.6 Å². The summed E-state index contributed by atoms with van der Waals surface area (Å²) in [4.78, 5) is 12.3. The number of nitrogens with zero attached hydrogens (tertiary/aromatic N) is 2. The van der Waals surface area contributed by atoms with E-state index in [1.807, 2.05) is 12.1 Å². The first-order chi connectivity index (χ1) is 12.6. The minimum absolute atomic E-state index is 0.235. The standard InChI is InChI=1S/C18H18ClN3O4/c1-24-15-5-3-12(7-17(15)25-2)8-20-18(23)16-6-4-14(26-16)11-22-10-13(19)9-21-22/h3-7,9-10H,8,11H2,1-2H3,(H,20,23). The van der Waals surface area contributed by atoms with E-state index in [-0.39, 0.29) is 11.7 Å². The van der Waals surface area contributed by atoms with Crippen LogP contribution in [0.2, 0.25) is 5.02 Å². The number of amides is 1. The maximum atomic E-state index is 12.3. The quantitative estimate of drug-likeness (QED) is 0.686. The fourth-order valence-electron chi connectivity index (χ4n) is 2.43. The van der Waals surface area contributed by atoms with Crippen LogP contribution in [0.3, 0.4) is 0 Å². The van der Waals surface area contributed by atoms with Gasteiger partial charge in [0.15, 0.2) is 17.3 Å². The van der Waals surface area contributed by atoms with Crippen LogP contribution in [0.4, 0.5) is 0 Å². The van der Waals surface area contributed by atoms with E-state index < -0.39 is 0 Å². The fourth-order valence-corrected chi connectivity index (χ4v) is 2.59. The van der Waals surface area contributed by atoms with Gasteiger partial charge >= 0.3 is 0 Å². The molecule has 3 rings (SSSR count). The number of carbonyl (C=O) groups excluding carboxylic acids is 1. The molecule has 8 heteroatoms. The van der Waals surface area contributed by atoms with E-state index in [9.17, 15) is 4.79 Å². The average Bonchev–Trinajstić information content (AvgIpc) is 3.28. The lowest BCUT2D eigenvalue weighted by Crippen LogP contribution is -2.22. The molecule has 1 amide bonds. The highest BCUT2D eigenvalue weighted by Gasteiger charge is 2.12. The van der Waals surface area contributed by atoms with E-state index in [4.69, 9.17) is 25.5 Å². The molecule has 0 spiro atoms. The Kier molecular flexibility index (Phi) is 5.48. The second kappa shape index (κ2) is 7.97. The van der Waals surface area contributed by atoms with Gasteiger partial charge in [-0.05, 0) is 29.8 Å². The summed E-state index contributed by atoms with van der Waals surface area (Å²) >= 11 is 5.83. The van der Waals surface area contributed by atoms with Gasteiger partial charge in [-0.1, -0.05) is 17.7 Å². The maximum Gasteiger partial charge on any atom is 0.287 e. The Bertz CT molecular complexity index is 903. The molecule has 2 aromatic heterocycles. The zero-order valence-electron chi connectivity index (χ0n) is 14.4. The topological polar surface area (TPSA) is 78.5 Å². The third-order valence-electron chi connectivity index (χ3n) is 3.71. The Morgan fingerprint density at radius 3 is 2.73 bits per heavy atom. The van der Waals surface area contributed by atoms with Crippen LogP contribution in [0, 0.1) is 0 Å². The zero-order chi connectivity index (χ0) is 18.5.